The summed E-state index contributed by atoms with van der Waals surface area (Å²) in [6.07, 6.45) is 11.1. The summed E-state index contributed by atoms with van der Waals surface area (Å²) >= 11 is 0. The lowest BCUT2D eigenvalue weighted by Gasteiger charge is -2.44. The van der Waals surface area contributed by atoms with Crippen LogP contribution in [-0.2, 0) is 5.41 Å². The van der Waals surface area contributed by atoms with E-state index in [1.165, 1.54) is 44.9 Å². The molecule has 1 spiro atoms. The molecule has 0 N–H and O–H groups in total. The maximum Gasteiger partial charge on any atom is 0.253 e. The molecule has 1 aliphatic carbocycles. The predicted octanol–water partition coefficient (Wildman–Crippen LogP) is 4.57. The monoisotopic (exact) mass is 314 g/mol. The Morgan fingerprint density at radius 1 is 1.09 bits per heavy atom. The number of rotatable bonds is 1. The van der Waals surface area contributed by atoms with Gasteiger partial charge in [0.25, 0.3) is 5.91 Å². The van der Waals surface area contributed by atoms with E-state index in [0.717, 1.165) is 24.3 Å². The average molecular weight is 314 g/mol. The summed E-state index contributed by atoms with van der Waals surface area (Å²) in [6, 6.07) is 3.84. The van der Waals surface area contributed by atoms with Crippen molar-refractivity contribution in [2.24, 2.45) is 5.41 Å². The molecular formula is C20H30N2O. The van der Waals surface area contributed by atoms with Gasteiger partial charge in [-0.2, -0.15) is 0 Å². The first-order valence-corrected chi connectivity index (χ1v) is 9.16. The molecule has 1 saturated carbocycles. The summed E-state index contributed by atoms with van der Waals surface area (Å²) in [7, 11) is 0. The van der Waals surface area contributed by atoms with E-state index in [2.05, 4.69) is 30.7 Å². The van der Waals surface area contributed by atoms with Crippen LogP contribution in [0.25, 0.3) is 0 Å². The number of piperidine rings is 1. The van der Waals surface area contributed by atoms with Crippen LogP contribution in [0.4, 0.5) is 0 Å². The number of carbonyl (C=O) groups is 1. The Hall–Kier alpha value is -1.38. The Kier molecular flexibility index (Phi) is 4.48. The quantitative estimate of drug-likeness (QED) is 0.761. The summed E-state index contributed by atoms with van der Waals surface area (Å²) in [5, 5.41) is 0. The maximum atomic E-state index is 12.8. The predicted molar refractivity (Wildman–Crippen MR) is 93.6 cm³/mol. The summed E-state index contributed by atoms with van der Waals surface area (Å²) in [4.78, 5) is 19.3. The van der Waals surface area contributed by atoms with Gasteiger partial charge in [-0.05, 0) is 43.2 Å². The van der Waals surface area contributed by atoms with Crippen LogP contribution in [0.3, 0.4) is 0 Å². The number of likely N-dealkylation sites (tertiary alicyclic amines) is 1. The molecule has 3 nitrogen and oxygen atoms in total. The van der Waals surface area contributed by atoms with Crippen molar-refractivity contribution >= 4 is 5.91 Å². The highest BCUT2D eigenvalue weighted by molar-refractivity contribution is 5.94. The van der Waals surface area contributed by atoms with Gasteiger partial charge >= 0.3 is 0 Å². The molecule has 2 heterocycles. The van der Waals surface area contributed by atoms with Crippen LogP contribution in [0, 0.1) is 5.41 Å². The summed E-state index contributed by atoms with van der Waals surface area (Å²) in [5.74, 6) is 0.184. The van der Waals surface area contributed by atoms with Crippen molar-refractivity contribution < 1.29 is 4.79 Å². The fourth-order valence-electron chi connectivity index (χ4n) is 4.14. The van der Waals surface area contributed by atoms with Gasteiger partial charge in [-0.3, -0.25) is 9.78 Å². The molecule has 126 valence electrons. The van der Waals surface area contributed by atoms with Crippen LogP contribution in [0.2, 0.25) is 0 Å². The number of aromatic nitrogens is 1. The van der Waals surface area contributed by atoms with Crippen molar-refractivity contribution in [3.63, 3.8) is 0 Å². The molecule has 0 unspecified atom stereocenters. The minimum absolute atomic E-state index is 0.0235. The summed E-state index contributed by atoms with van der Waals surface area (Å²) in [5.41, 5.74) is 2.31. The molecule has 1 saturated heterocycles. The minimum Gasteiger partial charge on any atom is -0.339 e. The highest BCUT2D eigenvalue weighted by Gasteiger charge is 2.36. The number of carbonyl (C=O) groups excluding carboxylic acids is 1. The van der Waals surface area contributed by atoms with E-state index in [0.29, 0.717) is 5.41 Å². The molecule has 1 aromatic heterocycles. The molecule has 3 rings (SSSR count). The lowest BCUT2D eigenvalue weighted by atomic mass is 9.68. The first kappa shape index (κ1) is 16.5. The topological polar surface area (TPSA) is 33.2 Å². The van der Waals surface area contributed by atoms with E-state index < -0.39 is 0 Å². The first-order chi connectivity index (χ1) is 10.9. The third-order valence-corrected chi connectivity index (χ3v) is 5.80. The number of pyridine rings is 1. The Morgan fingerprint density at radius 3 is 2.35 bits per heavy atom. The Labute approximate surface area is 140 Å². The van der Waals surface area contributed by atoms with E-state index >= 15 is 0 Å². The van der Waals surface area contributed by atoms with Crippen molar-refractivity contribution in [2.45, 2.75) is 71.1 Å². The molecule has 1 amide bonds. The molecule has 0 aromatic carbocycles. The van der Waals surface area contributed by atoms with Gasteiger partial charge in [0.05, 0.1) is 0 Å². The zero-order valence-electron chi connectivity index (χ0n) is 14.9. The second-order valence-electron chi connectivity index (χ2n) is 8.53. The summed E-state index contributed by atoms with van der Waals surface area (Å²) < 4.78 is 0. The summed E-state index contributed by atoms with van der Waals surface area (Å²) in [6.45, 7) is 8.25. The molecule has 2 fully saturated rings. The largest absolute Gasteiger partial charge is 0.339 e. The zero-order chi connectivity index (χ0) is 16.5. The maximum absolute atomic E-state index is 12.8. The molecule has 0 atom stereocenters. The molecule has 1 aromatic rings. The lowest BCUT2D eigenvalue weighted by molar-refractivity contribution is 0.0472. The Bertz CT molecular complexity index is 557. The van der Waals surface area contributed by atoms with Gasteiger partial charge in [0.1, 0.15) is 0 Å². The lowest BCUT2D eigenvalue weighted by Crippen LogP contribution is -2.44. The van der Waals surface area contributed by atoms with Gasteiger partial charge < -0.3 is 4.90 Å². The SMILES string of the molecule is CC(C)(C)c1cc(C(=O)N2CCC3(CCCCC3)CC2)ccn1. The molecule has 0 bridgehead atoms. The zero-order valence-corrected chi connectivity index (χ0v) is 14.9. The molecule has 3 heteroatoms. The minimum atomic E-state index is -0.0235. The van der Waals surface area contributed by atoms with Crippen LogP contribution in [0.1, 0.15) is 81.8 Å². The second-order valence-corrected chi connectivity index (χ2v) is 8.53. The van der Waals surface area contributed by atoms with Crippen LogP contribution in [-0.4, -0.2) is 28.9 Å². The molecule has 1 aliphatic heterocycles. The average Bonchev–Trinajstić information content (AvgIpc) is 2.55. The molecular weight excluding hydrogens is 284 g/mol. The van der Waals surface area contributed by atoms with Gasteiger partial charge in [0.2, 0.25) is 0 Å². The normalized spacial score (nSPS) is 21.4. The van der Waals surface area contributed by atoms with Crippen molar-refractivity contribution in [1.29, 1.82) is 0 Å². The smallest absolute Gasteiger partial charge is 0.253 e. The Morgan fingerprint density at radius 2 is 1.74 bits per heavy atom. The molecule has 0 radical (unpaired) electrons. The molecule has 23 heavy (non-hydrogen) atoms. The van der Waals surface area contributed by atoms with Crippen molar-refractivity contribution in [2.75, 3.05) is 13.1 Å². The number of hydrogen-bond acceptors (Lipinski definition) is 2. The standard InChI is InChI=1S/C20H30N2O/c1-19(2,3)17-15-16(7-12-21-17)18(23)22-13-10-20(11-14-22)8-5-4-6-9-20/h7,12,15H,4-6,8-11,13-14H2,1-3H3. The fraction of sp³-hybridized carbons (Fsp3) is 0.700. The number of nitrogens with zero attached hydrogens (tertiary/aromatic N) is 2. The third kappa shape index (κ3) is 3.59. The van der Waals surface area contributed by atoms with Gasteiger partial charge in [-0.15, -0.1) is 0 Å². The third-order valence-electron chi connectivity index (χ3n) is 5.80. The van der Waals surface area contributed by atoms with Crippen LogP contribution in [0.5, 0.6) is 0 Å². The van der Waals surface area contributed by atoms with Crippen molar-refractivity contribution in [3.8, 4) is 0 Å². The van der Waals surface area contributed by atoms with Gasteiger partial charge in [-0.25, -0.2) is 0 Å². The van der Waals surface area contributed by atoms with Crippen LogP contribution >= 0.6 is 0 Å². The number of amides is 1. The fourth-order valence-corrected chi connectivity index (χ4v) is 4.14. The van der Waals surface area contributed by atoms with Crippen LogP contribution in [0.15, 0.2) is 18.3 Å². The van der Waals surface area contributed by atoms with Gasteiger partial charge in [0.15, 0.2) is 0 Å². The van der Waals surface area contributed by atoms with E-state index in [1.54, 1.807) is 6.20 Å². The Balaban J connectivity index is 1.68. The van der Waals surface area contributed by atoms with Gasteiger partial charge in [0, 0.05) is 36.0 Å². The van der Waals surface area contributed by atoms with E-state index in [4.69, 9.17) is 0 Å². The highest BCUT2D eigenvalue weighted by atomic mass is 16.2. The van der Waals surface area contributed by atoms with Crippen molar-refractivity contribution in [3.05, 3.63) is 29.6 Å². The molecule has 2 aliphatic rings. The second kappa shape index (κ2) is 6.26. The van der Waals surface area contributed by atoms with Crippen molar-refractivity contribution in [1.82, 2.24) is 9.88 Å². The number of hydrogen-bond donors (Lipinski definition) is 0. The van der Waals surface area contributed by atoms with Crippen LogP contribution < -0.4 is 0 Å². The van der Waals surface area contributed by atoms with E-state index in [-0.39, 0.29) is 11.3 Å². The van der Waals surface area contributed by atoms with E-state index in [1.807, 2.05) is 12.1 Å². The highest BCUT2D eigenvalue weighted by Crippen LogP contribution is 2.44. The van der Waals surface area contributed by atoms with Gasteiger partial charge in [-0.1, -0.05) is 40.0 Å². The van der Waals surface area contributed by atoms with E-state index in [9.17, 15) is 4.79 Å². The first-order valence-electron chi connectivity index (χ1n) is 9.16.